The number of halogens is 2. The lowest BCUT2D eigenvalue weighted by atomic mass is 9.83. The monoisotopic (exact) mass is 346 g/mol. The number of fused-ring (bicyclic) bond motifs is 1. The Hall–Kier alpha value is -3.24. The van der Waals surface area contributed by atoms with Crippen LogP contribution >= 0.6 is 0 Å². The topological polar surface area (TPSA) is 47.6 Å². The minimum Gasteiger partial charge on any atom is -0.207 e. The molecule has 3 rings (SSSR count). The van der Waals surface area contributed by atoms with E-state index >= 15 is 0 Å². The molecule has 3 aromatic carbocycles. The van der Waals surface area contributed by atoms with E-state index in [1.165, 1.54) is 12.1 Å². The van der Waals surface area contributed by atoms with Crippen LogP contribution in [0.5, 0.6) is 0 Å². The molecule has 0 heterocycles. The fraction of sp³-hybridized carbons (Fsp3) is 0.182. The van der Waals surface area contributed by atoms with Gasteiger partial charge in [0.25, 0.3) is 0 Å². The molecular formula is C22H16F2N2. The maximum absolute atomic E-state index is 13.8. The Balaban J connectivity index is 2.51. The molecule has 3 aromatic rings. The van der Waals surface area contributed by atoms with Crippen molar-refractivity contribution >= 4 is 10.8 Å². The highest BCUT2D eigenvalue weighted by Gasteiger charge is 2.20. The molecular weight excluding hydrogens is 330 g/mol. The van der Waals surface area contributed by atoms with Gasteiger partial charge >= 0.3 is 0 Å². The Bertz CT molecular complexity index is 1090. The molecule has 0 aliphatic heterocycles. The smallest absolute Gasteiger partial charge is 0.126 e. The van der Waals surface area contributed by atoms with Crippen molar-refractivity contribution < 1.29 is 8.78 Å². The average molecular weight is 346 g/mol. The number of hydrogen-bond acceptors (Lipinski definition) is 2. The fourth-order valence-electron chi connectivity index (χ4n) is 3.06. The maximum Gasteiger partial charge on any atom is 0.126 e. The van der Waals surface area contributed by atoms with Crippen molar-refractivity contribution in [3.8, 4) is 23.3 Å². The minimum absolute atomic E-state index is 0.121. The SMILES string of the molecule is CC(C)(C)c1ccc2cc(C#N)c(C#N)c(-c3cc(F)cc(F)c3)c2c1. The van der Waals surface area contributed by atoms with Crippen molar-refractivity contribution in [2.24, 2.45) is 0 Å². The molecule has 0 spiro atoms. The van der Waals surface area contributed by atoms with Gasteiger partial charge in [-0.05, 0) is 51.6 Å². The fourth-order valence-corrected chi connectivity index (χ4v) is 3.06. The van der Waals surface area contributed by atoms with Gasteiger partial charge in [-0.1, -0.05) is 32.9 Å². The van der Waals surface area contributed by atoms with E-state index < -0.39 is 11.6 Å². The van der Waals surface area contributed by atoms with Crippen LogP contribution in [0.3, 0.4) is 0 Å². The van der Waals surface area contributed by atoms with Gasteiger partial charge in [0.15, 0.2) is 0 Å². The predicted octanol–water partition coefficient (Wildman–Crippen LogP) is 5.83. The van der Waals surface area contributed by atoms with Crippen LogP contribution in [0, 0.1) is 34.3 Å². The molecule has 2 nitrogen and oxygen atoms in total. The van der Waals surface area contributed by atoms with E-state index in [1.54, 1.807) is 6.07 Å². The third-order valence-corrected chi connectivity index (χ3v) is 4.39. The average Bonchev–Trinajstić information content (AvgIpc) is 2.57. The van der Waals surface area contributed by atoms with Crippen molar-refractivity contribution in [3.63, 3.8) is 0 Å². The van der Waals surface area contributed by atoms with Crippen molar-refractivity contribution in [1.29, 1.82) is 10.5 Å². The second-order valence-corrected chi connectivity index (χ2v) is 7.24. The Morgan fingerprint density at radius 3 is 2.04 bits per heavy atom. The van der Waals surface area contributed by atoms with Crippen molar-refractivity contribution in [1.82, 2.24) is 0 Å². The van der Waals surface area contributed by atoms with Crippen molar-refractivity contribution in [2.75, 3.05) is 0 Å². The van der Waals surface area contributed by atoms with Gasteiger partial charge in [-0.2, -0.15) is 10.5 Å². The third-order valence-electron chi connectivity index (χ3n) is 4.39. The number of benzene rings is 3. The summed E-state index contributed by atoms with van der Waals surface area (Å²) in [5, 5.41) is 20.5. The lowest BCUT2D eigenvalue weighted by Crippen LogP contribution is -2.10. The molecule has 0 aromatic heterocycles. The Morgan fingerprint density at radius 1 is 0.846 bits per heavy atom. The lowest BCUT2D eigenvalue weighted by Gasteiger charge is -2.21. The van der Waals surface area contributed by atoms with E-state index in [9.17, 15) is 19.3 Å². The maximum atomic E-state index is 13.8. The first-order valence-electron chi connectivity index (χ1n) is 8.12. The first-order valence-corrected chi connectivity index (χ1v) is 8.12. The van der Waals surface area contributed by atoms with E-state index in [-0.39, 0.29) is 22.1 Å². The molecule has 0 aliphatic carbocycles. The molecule has 0 N–H and O–H groups in total. The number of hydrogen-bond donors (Lipinski definition) is 0. The molecule has 0 aliphatic rings. The van der Waals surface area contributed by atoms with Crippen molar-refractivity contribution in [3.05, 3.63) is 70.8 Å². The van der Waals surface area contributed by atoms with Gasteiger partial charge in [0.2, 0.25) is 0 Å². The number of rotatable bonds is 1. The van der Waals surface area contributed by atoms with E-state index in [0.717, 1.165) is 17.0 Å². The Labute approximate surface area is 150 Å². The standard InChI is InChI=1S/C22H16F2N2/c1-22(2,3)16-5-4-13-6-15(11-25)20(12-26)21(19(13)9-16)14-7-17(23)10-18(24)8-14/h4-10H,1-3H3. The molecule has 0 radical (unpaired) electrons. The van der Waals surface area contributed by atoms with Gasteiger partial charge in [0.05, 0.1) is 11.1 Å². The quantitative estimate of drug-likeness (QED) is 0.557. The zero-order valence-corrected chi connectivity index (χ0v) is 14.7. The zero-order chi connectivity index (χ0) is 19.1. The third kappa shape index (κ3) is 3.03. The first-order chi connectivity index (χ1) is 12.2. The van der Waals surface area contributed by atoms with Crippen LogP contribution in [0.25, 0.3) is 21.9 Å². The van der Waals surface area contributed by atoms with Crippen LogP contribution < -0.4 is 0 Å². The molecule has 0 saturated heterocycles. The van der Waals surface area contributed by atoms with E-state index in [2.05, 4.69) is 20.8 Å². The zero-order valence-electron chi connectivity index (χ0n) is 14.7. The van der Waals surface area contributed by atoms with Crippen LogP contribution in [-0.4, -0.2) is 0 Å². The van der Waals surface area contributed by atoms with Crippen LogP contribution in [-0.2, 0) is 5.41 Å². The van der Waals surface area contributed by atoms with Gasteiger partial charge in [-0.25, -0.2) is 8.78 Å². The molecule has 0 atom stereocenters. The summed E-state index contributed by atoms with van der Waals surface area (Å²) >= 11 is 0. The number of nitriles is 2. The van der Waals surface area contributed by atoms with Gasteiger partial charge in [0.1, 0.15) is 23.8 Å². The summed E-state index contributed by atoms with van der Waals surface area (Å²) in [4.78, 5) is 0. The molecule has 128 valence electrons. The summed E-state index contributed by atoms with van der Waals surface area (Å²) in [6, 6.07) is 14.6. The highest BCUT2D eigenvalue weighted by molar-refractivity contribution is 6.01. The molecule has 0 amide bonds. The summed E-state index contributed by atoms with van der Waals surface area (Å²) < 4.78 is 27.6. The van der Waals surface area contributed by atoms with Crippen LogP contribution in [0.15, 0.2) is 42.5 Å². The molecule has 0 unspecified atom stereocenters. The second kappa shape index (κ2) is 6.24. The molecule has 0 saturated carbocycles. The highest BCUT2D eigenvalue weighted by Crippen LogP contribution is 2.37. The molecule has 0 fully saturated rings. The first kappa shape index (κ1) is 17.6. The minimum atomic E-state index is -0.730. The molecule has 4 heteroatoms. The lowest BCUT2D eigenvalue weighted by molar-refractivity contribution is 0.584. The van der Waals surface area contributed by atoms with E-state index in [1.807, 2.05) is 30.3 Å². The van der Waals surface area contributed by atoms with Gasteiger partial charge in [0, 0.05) is 11.6 Å². The van der Waals surface area contributed by atoms with Crippen LogP contribution in [0.2, 0.25) is 0 Å². The Morgan fingerprint density at radius 2 is 1.50 bits per heavy atom. The summed E-state index contributed by atoms with van der Waals surface area (Å²) in [6.45, 7) is 6.18. The summed E-state index contributed by atoms with van der Waals surface area (Å²) in [6.07, 6.45) is 0. The largest absolute Gasteiger partial charge is 0.207 e. The summed E-state index contributed by atoms with van der Waals surface area (Å²) in [7, 11) is 0. The van der Waals surface area contributed by atoms with Gasteiger partial charge in [-0.15, -0.1) is 0 Å². The van der Waals surface area contributed by atoms with Crippen molar-refractivity contribution in [2.45, 2.75) is 26.2 Å². The number of nitrogens with zero attached hydrogens (tertiary/aromatic N) is 2. The summed E-state index contributed by atoms with van der Waals surface area (Å²) in [5.74, 6) is -1.46. The van der Waals surface area contributed by atoms with E-state index in [0.29, 0.717) is 10.9 Å². The van der Waals surface area contributed by atoms with Gasteiger partial charge in [-0.3, -0.25) is 0 Å². The highest BCUT2D eigenvalue weighted by atomic mass is 19.1. The normalized spacial score (nSPS) is 11.2. The van der Waals surface area contributed by atoms with E-state index in [4.69, 9.17) is 0 Å². The summed E-state index contributed by atoms with van der Waals surface area (Å²) in [5.41, 5.74) is 1.81. The van der Waals surface area contributed by atoms with Gasteiger partial charge < -0.3 is 0 Å². The van der Waals surface area contributed by atoms with Crippen LogP contribution in [0.4, 0.5) is 8.78 Å². The molecule has 26 heavy (non-hydrogen) atoms. The second-order valence-electron chi connectivity index (χ2n) is 7.24. The predicted molar refractivity (Wildman–Crippen MR) is 97.4 cm³/mol. The van der Waals surface area contributed by atoms with Crippen LogP contribution in [0.1, 0.15) is 37.5 Å². The molecule has 0 bridgehead atoms. The Kier molecular flexibility index (Phi) is 4.22.